The number of pyridine rings is 1. The third kappa shape index (κ3) is 3.58. The van der Waals surface area contributed by atoms with Gasteiger partial charge in [0.25, 0.3) is 0 Å². The average molecular weight is 449 g/mol. The van der Waals surface area contributed by atoms with Crippen LogP contribution in [0.15, 0.2) is 28.7 Å². The van der Waals surface area contributed by atoms with Crippen molar-refractivity contribution in [3.63, 3.8) is 0 Å². The van der Waals surface area contributed by atoms with Crippen LogP contribution in [-0.4, -0.2) is 75.6 Å². The lowest BCUT2D eigenvalue weighted by atomic mass is 9.59. The molecule has 0 aliphatic rings. The van der Waals surface area contributed by atoms with Crippen molar-refractivity contribution in [2.24, 2.45) is 0 Å². The Balaban J connectivity index is 1.90. The van der Waals surface area contributed by atoms with Gasteiger partial charge in [-0.25, -0.2) is 0 Å². The van der Waals surface area contributed by atoms with E-state index in [1.54, 1.807) is 12.1 Å². The van der Waals surface area contributed by atoms with Gasteiger partial charge in [0, 0.05) is 21.9 Å². The highest BCUT2D eigenvalue weighted by molar-refractivity contribution is 6.69. The van der Waals surface area contributed by atoms with Gasteiger partial charge in [0.1, 0.15) is 87.8 Å². The maximum atomic E-state index is 10.2. The third-order valence-corrected chi connectivity index (χ3v) is 6.68. The zero-order valence-corrected chi connectivity index (χ0v) is 19.8. The maximum Gasteiger partial charge on any atom is 0.153 e. The van der Waals surface area contributed by atoms with Gasteiger partial charge in [-0.1, -0.05) is 40.1 Å². The zero-order chi connectivity index (χ0) is 26.9. The summed E-state index contributed by atoms with van der Waals surface area (Å²) in [5, 5.41) is 11.6. The van der Waals surface area contributed by atoms with E-state index in [1.807, 2.05) is 19.1 Å². The number of furan rings is 1. The number of rotatable bonds is 2. The second-order valence-electron chi connectivity index (χ2n) is 8.74. The van der Waals surface area contributed by atoms with Crippen molar-refractivity contribution in [1.29, 1.82) is 5.26 Å². The third-order valence-electron chi connectivity index (χ3n) is 6.68. The van der Waals surface area contributed by atoms with E-state index in [-0.39, 0.29) is 54.9 Å². The summed E-state index contributed by atoms with van der Waals surface area (Å²) in [6, 6.07) is 9.46. The molecule has 0 aliphatic carbocycles. The molecule has 150 valence electrons. The van der Waals surface area contributed by atoms with E-state index < -0.39 is 0 Å². The van der Waals surface area contributed by atoms with Crippen LogP contribution < -0.4 is 49.3 Å². The van der Waals surface area contributed by atoms with Crippen molar-refractivity contribution in [3.8, 4) is 28.5 Å². The number of aryl methyl sites for hydroxylation is 1. The first-order valence-corrected chi connectivity index (χ1v) is 11.0. The summed E-state index contributed by atoms with van der Waals surface area (Å²) >= 11 is 0. The molecule has 3 nitrogen and oxygen atoms in total. The van der Waals surface area contributed by atoms with E-state index >= 15 is 0 Å². The van der Waals surface area contributed by atoms with Crippen molar-refractivity contribution in [2.45, 2.75) is 6.92 Å². The average Bonchev–Trinajstić information content (AvgIpc) is 3.26. The lowest BCUT2D eigenvalue weighted by Crippen LogP contribution is -2.55. The number of benzene rings is 3. The van der Waals surface area contributed by atoms with E-state index in [1.165, 1.54) is 0 Å². The standard InChI is InChI=1S/C25H7B9N2O/c1-7-2-3-10-9-5-4-8(13-14(26)16(28)18(30)17(29)15(13)27)11(6-35)23(9)37-24(10)12(7)22-20(32)19(31)21(33)25(34)36-22/h2-5H,1H3. The van der Waals surface area contributed by atoms with Crippen molar-refractivity contribution >= 4 is 142 Å². The number of nitrogens with zero attached hydrogens (tertiary/aromatic N) is 2. The topological polar surface area (TPSA) is 49.8 Å². The molecule has 0 bridgehead atoms. The SMILES string of the molecule is [B]c1nc(-c2c(C)ccc3c2oc2c(C#N)c(-c4c([B])c([B])c([B])c([B])c4[B])ccc23)c([B])c([B])c1[B]. The van der Waals surface area contributed by atoms with Gasteiger partial charge >= 0.3 is 0 Å². The van der Waals surface area contributed by atoms with Crippen LogP contribution in [0.3, 0.4) is 0 Å². The molecule has 0 saturated heterocycles. The predicted octanol–water partition coefficient (Wildman–Crippen LogP) is -4.36. The Morgan fingerprint density at radius 3 is 1.81 bits per heavy atom. The van der Waals surface area contributed by atoms with Gasteiger partial charge in [0.15, 0.2) is 5.58 Å². The van der Waals surface area contributed by atoms with Gasteiger partial charge in [-0.15, -0.1) is 21.9 Å². The van der Waals surface area contributed by atoms with Gasteiger partial charge in [-0.3, -0.25) is 4.98 Å². The number of hydrogen-bond acceptors (Lipinski definition) is 3. The van der Waals surface area contributed by atoms with Crippen LogP contribution in [0.1, 0.15) is 11.1 Å². The molecule has 2 aromatic heterocycles. The molecule has 0 fully saturated rings. The van der Waals surface area contributed by atoms with Crippen LogP contribution in [0.4, 0.5) is 0 Å². The molecule has 0 N–H and O–H groups in total. The minimum atomic E-state index is 0.0405. The van der Waals surface area contributed by atoms with Crippen LogP contribution >= 0.6 is 0 Å². The van der Waals surface area contributed by atoms with E-state index in [0.717, 1.165) is 5.56 Å². The van der Waals surface area contributed by atoms with Crippen molar-refractivity contribution in [2.75, 3.05) is 0 Å². The lowest BCUT2D eigenvalue weighted by molar-refractivity contribution is 0.668. The molecule has 0 atom stereocenters. The summed E-state index contributed by atoms with van der Waals surface area (Å²) in [4.78, 5) is 4.39. The Bertz CT molecular complexity index is 1830. The molecular formula is C25H7B9N2O. The number of hydrogen-bond donors (Lipinski definition) is 0. The molecule has 0 saturated carbocycles. The molecule has 5 aromatic rings. The Hall–Kier alpha value is -3.32. The van der Waals surface area contributed by atoms with Crippen LogP contribution in [0.2, 0.25) is 0 Å². The quantitative estimate of drug-likeness (QED) is 0.257. The summed E-state index contributed by atoms with van der Waals surface area (Å²) < 4.78 is 6.33. The highest BCUT2D eigenvalue weighted by Crippen LogP contribution is 2.39. The Kier molecular flexibility index (Phi) is 6.10. The Morgan fingerprint density at radius 1 is 0.649 bits per heavy atom. The molecular weight excluding hydrogens is 442 g/mol. The Morgan fingerprint density at radius 2 is 1.19 bits per heavy atom. The molecule has 12 heteroatoms. The summed E-state index contributed by atoms with van der Waals surface area (Å²) in [5.74, 6) is 0. The van der Waals surface area contributed by atoms with Gasteiger partial charge in [-0.05, 0) is 29.7 Å². The summed E-state index contributed by atoms with van der Waals surface area (Å²) in [6.45, 7) is 1.86. The Labute approximate surface area is 226 Å². The molecule has 0 spiro atoms. The molecule has 5 rings (SSSR count). The van der Waals surface area contributed by atoms with E-state index in [4.69, 9.17) is 75.0 Å². The predicted molar refractivity (Wildman–Crippen MR) is 160 cm³/mol. The van der Waals surface area contributed by atoms with Crippen LogP contribution in [0.5, 0.6) is 0 Å². The first kappa shape index (κ1) is 25.3. The summed E-state index contributed by atoms with van der Waals surface area (Å²) in [5.41, 5.74) is 4.15. The fourth-order valence-corrected chi connectivity index (χ4v) is 4.60. The fourth-order valence-electron chi connectivity index (χ4n) is 4.60. The van der Waals surface area contributed by atoms with E-state index in [0.29, 0.717) is 44.3 Å². The summed E-state index contributed by atoms with van der Waals surface area (Å²) in [6.07, 6.45) is 0. The van der Waals surface area contributed by atoms with Gasteiger partial charge in [0.05, 0.1) is 5.69 Å². The first-order chi connectivity index (χ1) is 17.5. The van der Waals surface area contributed by atoms with Crippen molar-refractivity contribution in [3.05, 3.63) is 35.4 Å². The lowest BCUT2D eigenvalue weighted by Gasteiger charge is -2.21. The van der Waals surface area contributed by atoms with E-state index in [9.17, 15) is 5.26 Å². The smallest absolute Gasteiger partial charge is 0.153 e. The molecule has 18 radical (unpaired) electrons. The molecule has 0 unspecified atom stereocenters. The minimum Gasteiger partial charge on any atom is -0.454 e. The number of aromatic nitrogens is 1. The number of fused-ring (bicyclic) bond motifs is 3. The second kappa shape index (κ2) is 8.91. The normalized spacial score (nSPS) is 11.2. The highest BCUT2D eigenvalue weighted by atomic mass is 16.3. The zero-order valence-electron chi connectivity index (χ0n) is 19.8. The van der Waals surface area contributed by atoms with Crippen molar-refractivity contribution in [1.82, 2.24) is 4.98 Å². The summed E-state index contributed by atoms with van der Waals surface area (Å²) in [7, 11) is 54.9. The van der Waals surface area contributed by atoms with Gasteiger partial charge in [0.2, 0.25) is 0 Å². The molecule has 2 heterocycles. The van der Waals surface area contributed by atoms with Gasteiger partial charge < -0.3 is 4.42 Å². The maximum absolute atomic E-state index is 10.2. The van der Waals surface area contributed by atoms with Gasteiger partial charge in [-0.2, -0.15) is 5.26 Å². The largest absolute Gasteiger partial charge is 0.454 e. The molecule has 0 aliphatic heterocycles. The first-order valence-electron chi connectivity index (χ1n) is 11.0. The molecule has 0 amide bonds. The number of nitriles is 1. The van der Waals surface area contributed by atoms with Crippen LogP contribution in [0.25, 0.3) is 44.3 Å². The van der Waals surface area contributed by atoms with Crippen LogP contribution in [0, 0.1) is 18.3 Å². The highest BCUT2D eigenvalue weighted by Gasteiger charge is 2.23. The van der Waals surface area contributed by atoms with E-state index in [2.05, 4.69) is 11.1 Å². The fraction of sp³-hybridized carbons (Fsp3) is 0.0400. The van der Waals surface area contributed by atoms with Crippen LogP contribution in [-0.2, 0) is 0 Å². The monoisotopic (exact) mass is 450 g/mol. The molecule has 37 heavy (non-hydrogen) atoms. The second-order valence-corrected chi connectivity index (χ2v) is 8.74. The minimum absolute atomic E-state index is 0.0405. The van der Waals surface area contributed by atoms with Crippen molar-refractivity contribution < 1.29 is 4.42 Å². The molecule has 3 aromatic carbocycles.